The lowest BCUT2D eigenvalue weighted by atomic mass is 9.75. The van der Waals surface area contributed by atoms with E-state index in [4.69, 9.17) is 0 Å². The van der Waals surface area contributed by atoms with Gasteiger partial charge < -0.3 is 20.4 Å². The summed E-state index contributed by atoms with van der Waals surface area (Å²) in [6, 6.07) is 11.8. The molecule has 1 aliphatic carbocycles. The van der Waals surface area contributed by atoms with Crippen molar-refractivity contribution >= 4 is 17.4 Å². The number of carbonyl (C=O) groups is 1. The second-order valence-electron chi connectivity index (χ2n) is 11.6. The predicted molar refractivity (Wildman–Crippen MR) is 136 cm³/mol. The molecule has 3 N–H and O–H groups in total. The van der Waals surface area contributed by atoms with Crippen LogP contribution in [0.3, 0.4) is 0 Å². The molecule has 1 heterocycles. The Morgan fingerprint density at radius 2 is 1.94 bits per heavy atom. The summed E-state index contributed by atoms with van der Waals surface area (Å²) in [6.07, 6.45) is 1.77. The molecule has 0 radical (unpaired) electrons. The first-order chi connectivity index (χ1) is 15.3. The van der Waals surface area contributed by atoms with Crippen molar-refractivity contribution in [2.75, 3.05) is 13.6 Å². The van der Waals surface area contributed by atoms with Gasteiger partial charge in [0.15, 0.2) is 0 Å². The Balaban J connectivity index is 1.75. The number of aliphatic hydroxyl groups is 1. The van der Waals surface area contributed by atoms with Crippen LogP contribution in [-0.2, 0) is 19.3 Å². The molecule has 0 aliphatic heterocycles. The fraction of sp³-hybridized carbons (Fsp3) is 0.593. The number of nitrogens with zero attached hydrogens (tertiary/aromatic N) is 1. The summed E-state index contributed by atoms with van der Waals surface area (Å²) in [4.78, 5) is 15.8. The van der Waals surface area contributed by atoms with Crippen LogP contribution in [-0.4, -0.2) is 46.9 Å². The number of hydrogen-bond acceptors (Lipinski definition) is 4. The van der Waals surface area contributed by atoms with Crippen LogP contribution >= 0.6 is 11.3 Å². The summed E-state index contributed by atoms with van der Waals surface area (Å²) >= 11 is 1.93. The highest BCUT2D eigenvalue weighted by molar-refractivity contribution is 7.12. The third kappa shape index (κ3) is 7.05. The molecule has 1 aromatic carbocycles. The van der Waals surface area contributed by atoms with E-state index in [-0.39, 0.29) is 16.9 Å². The zero-order valence-corrected chi connectivity index (χ0v) is 21.7. The maximum Gasteiger partial charge on any atom is 0.407 e. The van der Waals surface area contributed by atoms with Crippen LogP contribution in [0.2, 0.25) is 0 Å². The third-order valence-electron chi connectivity index (χ3n) is 6.47. The number of likely N-dealkylation sites (N-methyl/N-ethyl adjacent to an activating group) is 1. The quantitative estimate of drug-likeness (QED) is 0.473. The van der Waals surface area contributed by atoms with Crippen molar-refractivity contribution in [1.82, 2.24) is 10.2 Å². The molecule has 2 aromatic rings. The molecule has 3 atom stereocenters. The van der Waals surface area contributed by atoms with Crippen molar-refractivity contribution in [2.45, 2.75) is 78.5 Å². The van der Waals surface area contributed by atoms with Crippen LogP contribution in [0.15, 0.2) is 36.4 Å². The Labute approximate surface area is 202 Å². The molecule has 6 heteroatoms. The number of benzene rings is 1. The third-order valence-corrected chi connectivity index (χ3v) is 7.62. The molecular formula is C27H40N2O3S. The van der Waals surface area contributed by atoms with E-state index in [9.17, 15) is 15.0 Å². The lowest BCUT2D eigenvalue weighted by Gasteiger charge is -2.37. The van der Waals surface area contributed by atoms with E-state index in [0.717, 1.165) is 24.8 Å². The van der Waals surface area contributed by atoms with E-state index < -0.39 is 18.2 Å². The molecule has 0 fully saturated rings. The molecule has 0 saturated carbocycles. The molecule has 1 aromatic heterocycles. The number of rotatable bonds is 8. The van der Waals surface area contributed by atoms with Gasteiger partial charge in [0.25, 0.3) is 0 Å². The van der Waals surface area contributed by atoms with Gasteiger partial charge in [0.1, 0.15) is 0 Å². The zero-order chi connectivity index (χ0) is 24.4. The maximum absolute atomic E-state index is 11.7. The number of fused-ring (bicyclic) bond motifs is 1. The second kappa shape index (κ2) is 10.2. The van der Waals surface area contributed by atoms with Crippen molar-refractivity contribution in [3.8, 4) is 0 Å². The van der Waals surface area contributed by atoms with Crippen LogP contribution < -0.4 is 5.32 Å². The fourth-order valence-electron chi connectivity index (χ4n) is 4.82. The Morgan fingerprint density at radius 3 is 2.55 bits per heavy atom. The van der Waals surface area contributed by atoms with Crippen molar-refractivity contribution in [2.24, 2.45) is 10.8 Å². The van der Waals surface area contributed by atoms with E-state index in [1.165, 1.54) is 20.2 Å². The average Bonchev–Trinajstić information content (AvgIpc) is 3.09. The molecule has 3 rings (SSSR count). The number of thiophene rings is 1. The first-order valence-corrected chi connectivity index (χ1v) is 12.7. The fourth-order valence-corrected chi connectivity index (χ4v) is 6.61. The lowest BCUT2D eigenvalue weighted by molar-refractivity contribution is 0.0566. The normalized spacial score (nSPS) is 19.5. The van der Waals surface area contributed by atoms with Crippen LogP contribution in [0.1, 0.15) is 68.0 Å². The first-order valence-electron chi connectivity index (χ1n) is 11.9. The number of hydrogen-bond donors (Lipinski definition) is 3. The van der Waals surface area contributed by atoms with E-state index in [1.807, 2.05) is 41.7 Å². The van der Waals surface area contributed by atoms with E-state index in [2.05, 4.69) is 46.0 Å². The molecule has 0 bridgehead atoms. The summed E-state index contributed by atoms with van der Waals surface area (Å²) in [5, 5.41) is 24.3. The Morgan fingerprint density at radius 1 is 1.27 bits per heavy atom. The monoisotopic (exact) mass is 472 g/mol. The summed E-state index contributed by atoms with van der Waals surface area (Å²) in [6.45, 7) is 11.8. The average molecular weight is 473 g/mol. The maximum atomic E-state index is 11.7. The van der Waals surface area contributed by atoms with Crippen LogP contribution in [0.5, 0.6) is 0 Å². The van der Waals surface area contributed by atoms with Gasteiger partial charge in [-0.3, -0.25) is 0 Å². The number of aliphatic hydroxyl groups excluding tert-OH is 1. The van der Waals surface area contributed by atoms with Crippen LogP contribution in [0.4, 0.5) is 4.79 Å². The number of amides is 1. The first kappa shape index (κ1) is 25.7. The van der Waals surface area contributed by atoms with Gasteiger partial charge in [-0.25, -0.2) is 4.79 Å². The predicted octanol–water partition coefficient (Wildman–Crippen LogP) is 5.52. The van der Waals surface area contributed by atoms with Crippen molar-refractivity contribution in [3.63, 3.8) is 0 Å². The molecule has 5 nitrogen and oxygen atoms in total. The summed E-state index contributed by atoms with van der Waals surface area (Å²) < 4.78 is 0. The Hall–Kier alpha value is -1.89. The van der Waals surface area contributed by atoms with Crippen molar-refractivity contribution < 1.29 is 15.0 Å². The van der Waals surface area contributed by atoms with Gasteiger partial charge >= 0.3 is 6.09 Å². The molecule has 1 aliphatic rings. The second-order valence-corrected chi connectivity index (χ2v) is 12.8. The Kier molecular flexibility index (Phi) is 7.92. The Bertz CT molecular complexity index is 933. The number of nitrogens with one attached hydrogen (secondary N) is 1. The van der Waals surface area contributed by atoms with Gasteiger partial charge in [-0.2, -0.15) is 0 Å². The summed E-state index contributed by atoms with van der Waals surface area (Å²) in [5.74, 6) is 0. The van der Waals surface area contributed by atoms with Crippen molar-refractivity contribution in [1.29, 1.82) is 0 Å². The molecule has 1 amide bonds. The highest BCUT2D eigenvalue weighted by atomic mass is 32.1. The van der Waals surface area contributed by atoms with Gasteiger partial charge in [-0.05, 0) is 53.7 Å². The van der Waals surface area contributed by atoms with Crippen molar-refractivity contribution in [3.05, 3.63) is 57.3 Å². The largest absolute Gasteiger partial charge is 0.465 e. The zero-order valence-electron chi connectivity index (χ0n) is 20.9. The van der Waals surface area contributed by atoms with Gasteiger partial charge in [0.2, 0.25) is 0 Å². The van der Waals surface area contributed by atoms with E-state index >= 15 is 0 Å². The lowest BCUT2D eigenvalue weighted by Crippen LogP contribution is -2.50. The molecule has 0 saturated heterocycles. The topological polar surface area (TPSA) is 72.8 Å². The van der Waals surface area contributed by atoms with Gasteiger partial charge in [0, 0.05) is 29.4 Å². The molecule has 0 unspecified atom stereocenters. The minimum absolute atomic E-state index is 0.163. The highest BCUT2D eigenvalue weighted by Crippen LogP contribution is 2.45. The minimum atomic E-state index is -1.03. The molecule has 0 spiro atoms. The van der Waals surface area contributed by atoms with Gasteiger partial charge in [0.05, 0.1) is 12.1 Å². The standard InChI is InChI=1S/C27H40N2O3S/c1-26(2,3)14-19-13-20-21(15-27(4,5)16-24(20)33-19)28-17-23(30)22(29(6)25(31)32)12-18-10-8-7-9-11-18/h7-11,13,21-23,28,30H,12,14-17H2,1-6H3,(H,31,32)/t21-,22-,23+/m0/s1. The van der Waals surface area contributed by atoms with Crippen LogP contribution in [0.25, 0.3) is 0 Å². The van der Waals surface area contributed by atoms with E-state index in [1.54, 1.807) is 7.05 Å². The molecule has 33 heavy (non-hydrogen) atoms. The smallest absolute Gasteiger partial charge is 0.407 e. The highest BCUT2D eigenvalue weighted by Gasteiger charge is 2.35. The van der Waals surface area contributed by atoms with E-state index in [0.29, 0.717) is 13.0 Å². The molecular weight excluding hydrogens is 432 g/mol. The number of carboxylic acid groups (broad SMARTS) is 1. The van der Waals surface area contributed by atoms with Crippen LogP contribution in [0, 0.1) is 10.8 Å². The minimum Gasteiger partial charge on any atom is -0.465 e. The summed E-state index contributed by atoms with van der Waals surface area (Å²) in [5.41, 5.74) is 2.80. The van der Waals surface area contributed by atoms with Gasteiger partial charge in [-0.1, -0.05) is 65.0 Å². The summed E-state index contributed by atoms with van der Waals surface area (Å²) in [7, 11) is 1.54. The SMILES string of the molecule is CN(C(=O)O)[C@@H](Cc1ccccc1)[C@H](O)CN[C@H]1CC(C)(C)Cc2sc(CC(C)(C)C)cc21. The molecule has 182 valence electrons. The van der Waals surface area contributed by atoms with Gasteiger partial charge in [-0.15, -0.1) is 11.3 Å².